The molecule has 0 spiro atoms. The summed E-state index contributed by atoms with van der Waals surface area (Å²) in [6.07, 6.45) is 0. The molecule has 7 nitrogen and oxygen atoms in total. The molecule has 0 saturated heterocycles. The molecule has 7 heteroatoms. The third-order valence-electron chi connectivity index (χ3n) is 2.71. The van der Waals surface area contributed by atoms with Crippen molar-refractivity contribution < 1.29 is 14.1 Å². The highest BCUT2D eigenvalue weighted by Crippen LogP contribution is 2.15. The van der Waals surface area contributed by atoms with Crippen LogP contribution in [0.2, 0.25) is 0 Å². The summed E-state index contributed by atoms with van der Waals surface area (Å²) in [4.78, 5) is 16.9. The van der Waals surface area contributed by atoms with E-state index in [-0.39, 0.29) is 6.61 Å². The standard InChI is InChI=1S/C14H18N4O3/c1-10-16-14(21-17-10)8-18(2)7-11-4-3-5-12(6-11)20-9-13(15)19/h3-6H,7-9H2,1-2H3,(H2,15,19). The van der Waals surface area contributed by atoms with Gasteiger partial charge >= 0.3 is 0 Å². The van der Waals surface area contributed by atoms with Gasteiger partial charge in [0, 0.05) is 6.54 Å². The summed E-state index contributed by atoms with van der Waals surface area (Å²) in [6, 6.07) is 7.51. The van der Waals surface area contributed by atoms with E-state index in [0.717, 1.165) is 5.56 Å². The van der Waals surface area contributed by atoms with Crippen molar-refractivity contribution in [3.8, 4) is 5.75 Å². The van der Waals surface area contributed by atoms with Crippen molar-refractivity contribution in [1.82, 2.24) is 15.0 Å². The minimum absolute atomic E-state index is 0.124. The fourth-order valence-electron chi connectivity index (χ4n) is 1.89. The van der Waals surface area contributed by atoms with E-state index in [2.05, 4.69) is 10.1 Å². The first-order chi connectivity index (χ1) is 10.0. The molecule has 2 N–H and O–H groups in total. The van der Waals surface area contributed by atoms with Gasteiger partial charge in [0.15, 0.2) is 12.4 Å². The van der Waals surface area contributed by atoms with Crippen molar-refractivity contribution in [2.24, 2.45) is 5.73 Å². The molecule has 1 amide bonds. The Morgan fingerprint density at radius 2 is 2.24 bits per heavy atom. The molecule has 1 aromatic carbocycles. The topological polar surface area (TPSA) is 94.5 Å². The summed E-state index contributed by atoms with van der Waals surface area (Å²) in [5.74, 6) is 1.33. The number of benzene rings is 1. The van der Waals surface area contributed by atoms with E-state index in [9.17, 15) is 4.79 Å². The van der Waals surface area contributed by atoms with E-state index in [1.807, 2.05) is 30.1 Å². The summed E-state index contributed by atoms with van der Waals surface area (Å²) >= 11 is 0. The molecule has 0 unspecified atom stereocenters. The number of nitrogens with two attached hydrogens (primary N) is 1. The van der Waals surface area contributed by atoms with Crippen molar-refractivity contribution in [2.75, 3.05) is 13.7 Å². The van der Waals surface area contributed by atoms with Crippen LogP contribution in [0, 0.1) is 6.92 Å². The van der Waals surface area contributed by atoms with Crippen molar-refractivity contribution in [2.45, 2.75) is 20.0 Å². The number of carbonyl (C=O) groups excluding carboxylic acids is 1. The fourth-order valence-corrected chi connectivity index (χ4v) is 1.89. The van der Waals surface area contributed by atoms with Crippen LogP contribution in [-0.4, -0.2) is 34.6 Å². The van der Waals surface area contributed by atoms with Gasteiger partial charge in [0.05, 0.1) is 6.54 Å². The lowest BCUT2D eigenvalue weighted by molar-refractivity contribution is -0.119. The number of carbonyl (C=O) groups is 1. The molecular formula is C14H18N4O3. The van der Waals surface area contributed by atoms with Gasteiger partial charge in [-0.2, -0.15) is 4.98 Å². The molecular weight excluding hydrogens is 272 g/mol. The normalized spacial score (nSPS) is 10.8. The molecule has 1 aromatic heterocycles. The average Bonchev–Trinajstić information content (AvgIpc) is 2.82. The molecule has 21 heavy (non-hydrogen) atoms. The molecule has 0 aliphatic heterocycles. The molecule has 2 aromatic rings. The van der Waals surface area contributed by atoms with Crippen LogP contribution in [0.25, 0.3) is 0 Å². The lowest BCUT2D eigenvalue weighted by Gasteiger charge is -2.14. The summed E-state index contributed by atoms with van der Waals surface area (Å²) in [5.41, 5.74) is 6.10. The first-order valence-corrected chi connectivity index (χ1v) is 6.50. The number of amides is 1. The maximum Gasteiger partial charge on any atom is 0.255 e. The maximum absolute atomic E-state index is 10.7. The van der Waals surface area contributed by atoms with E-state index in [0.29, 0.717) is 30.6 Å². The zero-order valence-electron chi connectivity index (χ0n) is 12.1. The predicted molar refractivity (Wildman–Crippen MR) is 75.3 cm³/mol. The molecule has 0 saturated carbocycles. The second-order valence-electron chi connectivity index (χ2n) is 4.81. The van der Waals surface area contributed by atoms with Crippen LogP contribution in [0.15, 0.2) is 28.8 Å². The third-order valence-corrected chi connectivity index (χ3v) is 2.71. The Morgan fingerprint density at radius 1 is 1.43 bits per heavy atom. The highest BCUT2D eigenvalue weighted by molar-refractivity contribution is 5.75. The van der Waals surface area contributed by atoms with Gasteiger partial charge in [-0.1, -0.05) is 17.3 Å². The second-order valence-corrected chi connectivity index (χ2v) is 4.81. The van der Waals surface area contributed by atoms with Gasteiger partial charge in [0.25, 0.3) is 5.91 Å². The summed E-state index contributed by atoms with van der Waals surface area (Å²) in [7, 11) is 1.95. The van der Waals surface area contributed by atoms with E-state index < -0.39 is 5.91 Å². The van der Waals surface area contributed by atoms with Crippen LogP contribution in [-0.2, 0) is 17.9 Å². The SMILES string of the molecule is Cc1noc(CN(C)Cc2cccc(OCC(N)=O)c2)n1. The van der Waals surface area contributed by atoms with Crippen molar-refractivity contribution >= 4 is 5.91 Å². The molecule has 0 bridgehead atoms. The number of aromatic nitrogens is 2. The van der Waals surface area contributed by atoms with Crippen LogP contribution < -0.4 is 10.5 Å². The highest BCUT2D eigenvalue weighted by atomic mass is 16.5. The maximum atomic E-state index is 10.7. The Kier molecular flexibility index (Phi) is 4.89. The third kappa shape index (κ3) is 4.88. The molecule has 112 valence electrons. The minimum Gasteiger partial charge on any atom is -0.484 e. The summed E-state index contributed by atoms with van der Waals surface area (Å²) < 4.78 is 10.4. The second kappa shape index (κ2) is 6.85. The number of rotatable bonds is 7. The van der Waals surface area contributed by atoms with E-state index in [1.165, 1.54) is 0 Å². The number of ether oxygens (including phenoxy) is 1. The monoisotopic (exact) mass is 290 g/mol. The van der Waals surface area contributed by atoms with Gasteiger partial charge in [-0.15, -0.1) is 0 Å². The lowest BCUT2D eigenvalue weighted by Crippen LogP contribution is -2.20. The average molecular weight is 290 g/mol. The van der Waals surface area contributed by atoms with Gasteiger partial charge in [-0.25, -0.2) is 0 Å². The number of hydrogen-bond acceptors (Lipinski definition) is 6. The van der Waals surface area contributed by atoms with Gasteiger partial charge in [0.2, 0.25) is 5.89 Å². The minimum atomic E-state index is -0.496. The molecule has 2 rings (SSSR count). The first-order valence-electron chi connectivity index (χ1n) is 6.50. The molecule has 0 aliphatic rings. The molecule has 0 atom stereocenters. The predicted octanol–water partition coefficient (Wildman–Crippen LogP) is 0.874. The van der Waals surface area contributed by atoms with Crippen LogP contribution in [0.4, 0.5) is 0 Å². The van der Waals surface area contributed by atoms with Crippen molar-refractivity contribution in [3.63, 3.8) is 0 Å². The van der Waals surface area contributed by atoms with Crippen LogP contribution in [0.1, 0.15) is 17.3 Å². The molecule has 0 aliphatic carbocycles. The number of hydrogen-bond donors (Lipinski definition) is 1. The highest BCUT2D eigenvalue weighted by Gasteiger charge is 2.08. The summed E-state index contributed by atoms with van der Waals surface area (Å²) in [5, 5.41) is 3.76. The van der Waals surface area contributed by atoms with E-state index >= 15 is 0 Å². The fraction of sp³-hybridized carbons (Fsp3) is 0.357. The number of nitrogens with zero attached hydrogens (tertiary/aromatic N) is 3. The van der Waals surface area contributed by atoms with E-state index in [1.54, 1.807) is 13.0 Å². The van der Waals surface area contributed by atoms with Crippen molar-refractivity contribution in [1.29, 1.82) is 0 Å². The molecule has 0 radical (unpaired) electrons. The van der Waals surface area contributed by atoms with Crippen LogP contribution in [0.3, 0.4) is 0 Å². The van der Waals surface area contributed by atoms with Gasteiger partial charge < -0.3 is 15.0 Å². The Hall–Kier alpha value is -2.41. The molecule has 0 fully saturated rings. The first kappa shape index (κ1) is 15.0. The Morgan fingerprint density at radius 3 is 2.90 bits per heavy atom. The number of aryl methyl sites for hydroxylation is 1. The Labute approximate surface area is 122 Å². The van der Waals surface area contributed by atoms with Gasteiger partial charge in [-0.05, 0) is 31.7 Å². The van der Waals surface area contributed by atoms with Crippen LogP contribution in [0.5, 0.6) is 5.75 Å². The van der Waals surface area contributed by atoms with Crippen molar-refractivity contribution in [3.05, 3.63) is 41.5 Å². The zero-order valence-corrected chi connectivity index (χ0v) is 12.1. The molecule has 1 heterocycles. The number of primary amides is 1. The van der Waals surface area contributed by atoms with Crippen LogP contribution >= 0.6 is 0 Å². The quantitative estimate of drug-likeness (QED) is 0.813. The largest absolute Gasteiger partial charge is 0.484 e. The zero-order chi connectivity index (χ0) is 15.2. The van der Waals surface area contributed by atoms with Gasteiger partial charge in [-0.3, -0.25) is 9.69 Å². The smallest absolute Gasteiger partial charge is 0.255 e. The lowest BCUT2D eigenvalue weighted by atomic mass is 10.2. The Bertz CT molecular complexity index is 612. The van der Waals surface area contributed by atoms with Gasteiger partial charge in [0.1, 0.15) is 5.75 Å². The van der Waals surface area contributed by atoms with E-state index in [4.69, 9.17) is 15.0 Å². The summed E-state index contributed by atoms with van der Waals surface area (Å²) in [6.45, 7) is 2.91. The Balaban J connectivity index is 1.92.